The summed E-state index contributed by atoms with van der Waals surface area (Å²) in [6, 6.07) is 9.94. The molecule has 0 aliphatic heterocycles. The molecular weight excluding hydrogens is 619 g/mol. The van der Waals surface area contributed by atoms with Gasteiger partial charge >= 0.3 is 5.97 Å². The van der Waals surface area contributed by atoms with E-state index in [2.05, 4.69) is 0 Å². The van der Waals surface area contributed by atoms with E-state index in [0.29, 0.717) is 17.0 Å². The number of sulfonamides is 1. The van der Waals surface area contributed by atoms with Gasteiger partial charge in [-0.05, 0) is 67.0 Å². The average Bonchev–Trinajstić information content (AvgIpc) is 3.02. The van der Waals surface area contributed by atoms with Crippen LogP contribution in [0.2, 0.25) is 0 Å². The molecule has 3 aromatic carbocycles. The fourth-order valence-corrected chi connectivity index (χ4v) is 7.27. The Hall–Kier alpha value is -3.84. The van der Waals surface area contributed by atoms with Gasteiger partial charge in [0.25, 0.3) is 0 Å². The number of carbonyl (C=O) groups is 2. The highest BCUT2D eigenvalue weighted by molar-refractivity contribution is 7.89. The zero-order valence-corrected chi connectivity index (χ0v) is 25.7. The van der Waals surface area contributed by atoms with E-state index in [1.165, 1.54) is 36.4 Å². The minimum atomic E-state index is -5.44. The Kier molecular flexibility index (Phi) is 10.3. The van der Waals surface area contributed by atoms with Crippen LogP contribution in [0.3, 0.4) is 0 Å². The van der Waals surface area contributed by atoms with Crippen molar-refractivity contribution in [3.8, 4) is 0 Å². The number of aryl methyl sites for hydroxylation is 1. The SMILES string of the molecule is CC[C@H](C(=O)N(Cc1ccc(C2CCCCC2)cc1)c1ccc(C(=O)O)cc1C)N(C)S(=O)(=O)c1c(F)c(F)c(F)c(F)c1F. The summed E-state index contributed by atoms with van der Waals surface area (Å²) >= 11 is 0. The van der Waals surface area contributed by atoms with Gasteiger partial charge < -0.3 is 10.0 Å². The number of hydrogen-bond acceptors (Lipinski definition) is 4. The lowest BCUT2D eigenvalue weighted by Gasteiger charge is -2.33. The molecule has 0 heterocycles. The molecule has 0 spiro atoms. The molecule has 1 saturated carbocycles. The molecule has 1 aliphatic rings. The van der Waals surface area contributed by atoms with Crippen LogP contribution in [-0.4, -0.2) is 42.8 Å². The first-order valence-corrected chi connectivity index (χ1v) is 15.9. The molecule has 7 nitrogen and oxygen atoms in total. The maximum atomic E-state index is 14.6. The third kappa shape index (κ3) is 6.74. The largest absolute Gasteiger partial charge is 0.478 e. The molecule has 45 heavy (non-hydrogen) atoms. The molecule has 1 amide bonds. The van der Waals surface area contributed by atoms with E-state index in [1.54, 1.807) is 6.92 Å². The summed E-state index contributed by atoms with van der Waals surface area (Å²) in [5.74, 6) is -14.1. The Labute approximate surface area is 258 Å². The lowest BCUT2D eigenvalue weighted by Crippen LogP contribution is -2.49. The van der Waals surface area contributed by atoms with E-state index in [-0.39, 0.29) is 28.5 Å². The number of nitrogens with zero attached hydrogens (tertiary/aromatic N) is 2. The zero-order chi connectivity index (χ0) is 33.2. The van der Waals surface area contributed by atoms with Crippen LogP contribution < -0.4 is 4.90 Å². The van der Waals surface area contributed by atoms with Gasteiger partial charge in [0, 0.05) is 12.7 Å². The summed E-state index contributed by atoms with van der Waals surface area (Å²) < 4.78 is 97.7. The number of rotatable bonds is 10. The number of carboxylic acid groups (broad SMARTS) is 1. The first-order chi connectivity index (χ1) is 21.2. The molecule has 242 valence electrons. The molecular formula is C32H33F5N2O5S. The number of amides is 1. The van der Waals surface area contributed by atoms with Crippen molar-refractivity contribution in [2.75, 3.05) is 11.9 Å². The molecule has 0 radical (unpaired) electrons. The van der Waals surface area contributed by atoms with Crippen LogP contribution >= 0.6 is 0 Å². The van der Waals surface area contributed by atoms with E-state index < -0.39 is 61.9 Å². The van der Waals surface area contributed by atoms with Gasteiger partial charge in [-0.3, -0.25) is 4.79 Å². The normalized spacial score (nSPS) is 14.9. The Morgan fingerprint density at radius 3 is 1.96 bits per heavy atom. The van der Waals surface area contributed by atoms with Gasteiger partial charge in [-0.15, -0.1) is 0 Å². The first-order valence-electron chi connectivity index (χ1n) is 14.4. The molecule has 0 aromatic heterocycles. The third-order valence-corrected chi connectivity index (χ3v) is 10.2. The van der Waals surface area contributed by atoms with E-state index in [0.717, 1.165) is 38.3 Å². The van der Waals surface area contributed by atoms with E-state index >= 15 is 0 Å². The highest BCUT2D eigenvalue weighted by Crippen LogP contribution is 2.34. The van der Waals surface area contributed by atoms with Crippen molar-refractivity contribution < 1.29 is 45.1 Å². The van der Waals surface area contributed by atoms with Crippen LogP contribution in [0, 0.1) is 36.0 Å². The summed E-state index contributed by atoms with van der Waals surface area (Å²) in [5.41, 5.74) is 2.35. The van der Waals surface area contributed by atoms with E-state index in [4.69, 9.17) is 0 Å². The minimum absolute atomic E-state index is 0.0569. The number of likely N-dealkylation sites (N-methyl/N-ethyl adjacent to an activating group) is 1. The van der Waals surface area contributed by atoms with Crippen molar-refractivity contribution in [3.05, 3.63) is 93.8 Å². The molecule has 3 aromatic rings. The van der Waals surface area contributed by atoms with Crippen LogP contribution in [-0.2, 0) is 21.4 Å². The number of hydrogen-bond donors (Lipinski definition) is 1. The lowest BCUT2D eigenvalue weighted by atomic mass is 9.84. The third-order valence-electron chi connectivity index (χ3n) is 8.31. The fraction of sp³-hybridized carbons (Fsp3) is 0.375. The van der Waals surface area contributed by atoms with E-state index in [1.807, 2.05) is 24.3 Å². The van der Waals surface area contributed by atoms with Gasteiger partial charge in [-0.25, -0.2) is 35.2 Å². The summed E-state index contributed by atoms with van der Waals surface area (Å²) in [6.45, 7) is 2.89. The molecule has 1 N–H and O–H groups in total. The first kappa shape index (κ1) is 34.0. The van der Waals surface area contributed by atoms with Crippen molar-refractivity contribution in [2.24, 2.45) is 0 Å². The van der Waals surface area contributed by atoms with E-state index in [9.17, 15) is 45.1 Å². The van der Waals surface area contributed by atoms with Gasteiger partial charge in [0.15, 0.2) is 28.2 Å². The van der Waals surface area contributed by atoms with Gasteiger partial charge in [0.05, 0.1) is 12.1 Å². The van der Waals surface area contributed by atoms with Crippen molar-refractivity contribution in [1.29, 1.82) is 0 Å². The number of halogens is 5. The summed E-state index contributed by atoms with van der Waals surface area (Å²) in [7, 11) is -4.63. The Morgan fingerprint density at radius 2 is 1.44 bits per heavy atom. The second kappa shape index (κ2) is 13.7. The summed E-state index contributed by atoms with van der Waals surface area (Å²) in [4.78, 5) is 24.8. The highest BCUT2D eigenvalue weighted by atomic mass is 32.2. The fourth-order valence-electron chi connectivity index (χ4n) is 5.78. The van der Waals surface area contributed by atoms with Crippen molar-refractivity contribution in [3.63, 3.8) is 0 Å². The molecule has 4 rings (SSSR count). The average molecular weight is 653 g/mol. The van der Waals surface area contributed by atoms with Gasteiger partial charge in [-0.1, -0.05) is 50.5 Å². The lowest BCUT2D eigenvalue weighted by molar-refractivity contribution is -0.122. The maximum absolute atomic E-state index is 14.6. The molecule has 1 atom stereocenters. The predicted octanol–water partition coefficient (Wildman–Crippen LogP) is 7.07. The number of anilines is 1. The van der Waals surface area contributed by atoms with Crippen LogP contribution in [0.15, 0.2) is 47.4 Å². The van der Waals surface area contributed by atoms with Crippen molar-refractivity contribution in [1.82, 2.24) is 4.31 Å². The van der Waals surface area contributed by atoms with Crippen LogP contribution in [0.5, 0.6) is 0 Å². The molecule has 13 heteroatoms. The second-order valence-electron chi connectivity index (χ2n) is 11.2. The van der Waals surface area contributed by atoms with Crippen molar-refractivity contribution >= 4 is 27.6 Å². The molecule has 1 fully saturated rings. The zero-order valence-electron chi connectivity index (χ0n) is 24.9. The number of benzene rings is 3. The molecule has 0 saturated heterocycles. The minimum Gasteiger partial charge on any atom is -0.478 e. The standard InChI is InChI=1S/C32H33F5N2O5S/c1-4-23(38(3)45(43,44)30-28(36)26(34)25(33)27(35)29(30)37)31(40)39(24-15-14-22(32(41)42)16-18(24)2)17-19-10-12-21(13-11-19)20-8-6-5-7-9-20/h10-16,20,23H,4-9,17H2,1-3H3,(H,41,42)/t23-/m1/s1. The Balaban J connectivity index is 1.75. The maximum Gasteiger partial charge on any atom is 0.335 e. The van der Waals surface area contributed by atoms with Crippen molar-refractivity contribution in [2.45, 2.75) is 75.8 Å². The Morgan fingerprint density at radius 1 is 0.889 bits per heavy atom. The highest BCUT2D eigenvalue weighted by Gasteiger charge is 2.41. The van der Waals surface area contributed by atoms with Crippen LogP contribution in [0.25, 0.3) is 0 Å². The molecule has 0 bridgehead atoms. The Bertz CT molecular complexity index is 1680. The summed E-state index contributed by atoms with van der Waals surface area (Å²) in [6.07, 6.45) is 5.37. The second-order valence-corrected chi connectivity index (χ2v) is 13.1. The smallest absolute Gasteiger partial charge is 0.335 e. The number of carbonyl (C=O) groups excluding carboxylic acids is 1. The predicted molar refractivity (Wildman–Crippen MR) is 157 cm³/mol. The van der Waals surface area contributed by atoms with Crippen LogP contribution in [0.1, 0.15) is 78.4 Å². The molecule has 1 aliphatic carbocycles. The quantitative estimate of drug-likeness (QED) is 0.144. The summed E-state index contributed by atoms with van der Waals surface area (Å²) in [5, 5.41) is 9.42. The number of aromatic carboxylic acids is 1. The topological polar surface area (TPSA) is 95.0 Å². The monoisotopic (exact) mass is 652 g/mol. The molecule has 0 unspecified atom stereocenters. The number of carboxylic acids is 1. The van der Waals surface area contributed by atoms with Gasteiger partial charge in [0.2, 0.25) is 21.7 Å². The van der Waals surface area contributed by atoms with Gasteiger partial charge in [0.1, 0.15) is 6.04 Å². The van der Waals surface area contributed by atoms with Gasteiger partial charge in [-0.2, -0.15) is 4.31 Å². The van der Waals surface area contributed by atoms with Crippen LogP contribution in [0.4, 0.5) is 27.6 Å².